The van der Waals surface area contributed by atoms with Gasteiger partial charge in [0, 0.05) is 10.6 Å². The van der Waals surface area contributed by atoms with Crippen LogP contribution in [0.15, 0.2) is 40.6 Å². The van der Waals surface area contributed by atoms with Gasteiger partial charge in [-0.25, -0.2) is 13.1 Å². The molecule has 1 aliphatic rings. The minimum Gasteiger partial charge on any atom is -0.378 e. The highest BCUT2D eigenvalue weighted by Gasteiger charge is 2.21. The van der Waals surface area contributed by atoms with Crippen molar-refractivity contribution < 1.29 is 8.42 Å². The lowest BCUT2D eigenvalue weighted by atomic mass is 9.94. The molecule has 0 saturated carbocycles. The van der Waals surface area contributed by atoms with Gasteiger partial charge < -0.3 is 5.32 Å². The first-order valence-electron chi connectivity index (χ1n) is 6.96. The van der Waals surface area contributed by atoms with Crippen molar-refractivity contribution in [3.63, 3.8) is 0 Å². The molecule has 2 N–H and O–H groups in total. The van der Waals surface area contributed by atoms with Crippen LogP contribution in [0.4, 0.5) is 5.69 Å². The number of anilines is 1. The molecule has 0 amide bonds. The number of hydrogen-bond donors (Lipinski definition) is 2. The summed E-state index contributed by atoms with van der Waals surface area (Å²) in [4.78, 5) is 1.73. The summed E-state index contributed by atoms with van der Waals surface area (Å²) in [5.74, 6) is 0. The van der Waals surface area contributed by atoms with Crippen molar-refractivity contribution in [2.45, 2.75) is 30.2 Å². The van der Waals surface area contributed by atoms with Crippen LogP contribution in [0.2, 0.25) is 0 Å². The lowest BCUT2D eigenvalue weighted by Crippen LogP contribution is -2.19. The molecule has 0 bridgehead atoms. The minimum atomic E-state index is -3.40. The molecule has 0 spiro atoms. The highest BCUT2D eigenvalue weighted by atomic mass is 32.2. The Morgan fingerprint density at radius 3 is 2.95 bits per heavy atom. The molecule has 4 nitrogen and oxygen atoms in total. The van der Waals surface area contributed by atoms with Crippen LogP contribution in [0, 0.1) is 0 Å². The molecule has 1 heterocycles. The van der Waals surface area contributed by atoms with Crippen LogP contribution in [-0.2, 0) is 16.4 Å². The molecule has 3 rings (SSSR count). The van der Waals surface area contributed by atoms with Gasteiger partial charge in [0.15, 0.2) is 0 Å². The maximum absolute atomic E-state index is 11.9. The maximum Gasteiger partial charge on any atom is 0.240 e. The average Bonchev–Trinajstić information content (AvgIpc) is 2.97. The number of fused-ring (bicyclic) bond motifs is 1. The second kappa shape index (κ2) is 5.79. The van der Waals surface area contributed by atoms with Crippen molar-refractivity contribution in [3.05, 3.63) is 46.2 Å². The van der Waals surface area contributed by atoms with Crippen LogP contribution in [0.1, 0.15) is 29.3 Å². The van der Waals surface area contributed by atoms with Crippen LogP contribution in [0.3, 0.4) is 0 Å². The SMILES string of the molecule is CNS(=O)(=O)c1cccc(NC2CCCc3sccc32)c1. The van der Waals surface area contributed by atoms with Crippen molar-refractivity contribution in [2.24, 2.45) is 0 Å². The Bertz CT molecular complexity index is 738. The Labute approximate surface area is 129 Å². The van der Waals surface area contributed by atoms with Crippen molar-refractivity contribution in [1.82, 2.24) is 4.72 Å². The fourth-order valence-corrected chi connectivity index (χ4v) is 4.47. The van der Waals surface area contributed by atoms with Crippen LogP contribution in [-0.4, -0.2) is 15.5 Å². The number of benzene rings is 1. The van der Waals surface area contributed by atoms with E-state index in [2.05, 4.69) is 21.5 Å². The summed E-state index contributed by atoms with van der Waals surface area (Å²) in [6.07, 6.45) is 3.39. The molecule has 1 aliphatic carbocycles. The third kappa shape index (κ3) is 2.97. The summed E-state index contributed by atoms with van der Waals surface area (Å²) in [5.41, 5.74) is 2.20. The van der Waals surface area contributed by atoms with E-state index in [1.165, 1.54) is 23.9 Å². The number of rotatable bonds is 4. The zero-order chi connectivity index (χ0) is 14.9. The summed E-state index contributed by atoms with van der Waals surface area (Å²) in [7, 11) is -1.97. The minimum absolute atomic E-state index is 0.271. The molecule has 6 heteroatoms. The highest BCUT2D eigenvalue weighted by Crippen LogP contribution is 2.35. The van der Waals surface area contributed by atoms with E-state index in [4.69, 9.17) is 0 Å². The molecule has 0 saturated heterocycles. The van der Waals surface area contributed by atoms with Gasteiger partial charge in [-0.05, 0) is 61.5 Å². The van der Waals surface area contributed by atoms with Gasteiger partial charge in [0.25, 0.3) is 0 Å². The molecule has 0 aliphatic heterocycles. The van der Waals surface area contributed by atoms with E-state index in [0.717, 1.165) is 18.5 Å². The molecule has 0 fully saturated rings. The van der Waals surface area contributed by atoms with E-state index in [-0.39, 0.29) is 10.9 Å². The van der Waals surface area contributed by atoms with E-state index in [0.29, 0.717) is 0 Å². The summed E-state index contributed by atoms with van der Waals surface area (Å²) in [6, 6.07) is 9.41. The first-order valence-corrected chi connectivity index (χ1v) is 9.33. The Hall–Kier alpha value is -1.37. The fourth-order valence-electron chi connectivity index (χ4n) is 2.71. The van der Waals surface area contributed by atoms with Gasteiger partial charge in [0.2, 0.25) is 10.0 Å². The van der Waals surface area contributed by atoms with Gasteiger partial charge >= 0.3 is 0 Å². The molecule has 0 radical (unpaired) electrons. The molecule has 2 aromatic rings. The van der Waals surface area contributed by atoms with Crippen molar-refractivity contribution in [2.75, 3.05) is 12.4 Å². The van der Waals surface area contributed by atoms with Gasteiger partial charge in [-0.15, -0.1) is 11.3 Å². The first-order chi connectivity index (χ1) is 10.1. The zero-order valence-corrected chi connectivity index (χ0v) is 13.4. The van der Waals surface area contributed by atoms with Gasteiger partial charge in [0.05, 0.1) is 10.9 Å². The fraction of sp³-hybridized carbons (Fsp3) is 0.333. The van der Waals surface area contributed by atoms with Crippen LogP contribution in [0.5, 0.6) is 0 Å². The predicted molar refractivity (Wildman–Crippen MR) is 86.3 cm³/mol. The molecule has 1 unspecified atom stereocenters. The molecule has 1 atom stereocenters. The van der Waals surface area contributed by atoms with E-state index in [1.54, 1.807) is 29.5 Å². The maximum atomic E-state index is 11.9. The second-order valence-electron chi connectivity index (χ2n) is 5.12. The van der Waals surface area contributed by atoms with Crippen molar-refractivity contribution >= 4 is 27.0 Å². The lowest BCUT2D eigenvalue weighted by Gasteiger charge is -2.25. The Morgan fingerprint density at radius 1 is 1.29 bits per heavy atom. The van der Waals surface area contributed by atoms with Crippen molar-refractivity contribution in [3.8, 4) is 0 Å². The molecule has 112 valence electrons. The normalized spacial score (nSPS) is 18.2. The van der Waals surface area contributed by atoms with E-state index in [9.17, 15) is 8.42 Å². The number of thiophene rings is 1. The smallest absolute Gasteiger partial charge is 0.240 e. The second-order valence-corrected chi connectivity index (χ2v) is 8.01. The van der Waals surface area contributed by atoms with Crippen LogP contribution >= 0.6 is 11.3 Å². The van der Waals surface area contributed by atoms with Gasteiger partial charge in [-0.2, -0.15) is 0 Å². The molecule has 1 aromatic heterocycles. The van der Waals surface area contributed by atoms with Crippen molar-refractivity contribution in [1.29, 1.82) is 0 Å². The zero-order valence-electron chi connectivity index (χ0n) is 11.8. The number of sulfonamides is 1. The predicted octanol–water partition coefficient (Wildman–Crippen LogP) is 3.15. The Balaban J connectivity index is 1.86. The monoisotopic (exact) mass is 322 g/mol. The average molecular weight is 322 g/mol. The number of hydrogen-bond acceptors (Lipinski definition) is 4. The summed E-state index contributed by atoms with van der Waals surface area (Å²) in [6.45, 7) is 0. The van der Waals surface area contributed by atoms with Gasteiger partial charge in [-0.3, -0.25) is 0 Å². The number of nitrogens with one attached hydrogen (secondary N) is 2. The quantitative estimate of drug-likeness (QED) is 0.909. The van der Waals surface area contributed by atoms with E-state index < -0.39 is 10.0 Å². The molecular formula is C15H18N2O2S2. The van der Waals surface area contributed by atoms with Gasteiger partial charge in [-0.1, -0.05) is 6.07 Å². The molecule has 21 heavy (non-hydrogen) atoms. The topological polar surface area (TPSA) is 58.2 Å². The Morgan fingerprint density at radius 2 is 2.14 bits per heavy atom. The summed E-state index contributed by atoms with van der Waals surface area (Å²) in [5, 5.41) is 5.61. The summed E-state index contributed by atoms with van der Waals surface area (Å²) >= 11 is 1.80. The standard InChI is InChI=1S/C15H18N2O2S2/c1-16-21(18,19)12-5-2-4-11(10-12)17-14-6-3-7-15-13(14)8-9-20-15/h2,4-5,8-10,14,16-17H,3,6-7H2,1H3. The third-order valence-corrected chi connectivity index (χ3v) is 6.21. The highest BCUT2D eigenvalue weighted by molar-refractivity contribution is 7.89. The lowest BCUT2D eigenvalue weighted by molar-refractivity contribution is 0.588. The largest absolute Gasteiger partial charge is 0.378 e. The molecular weight excluding hydrogens is 304 g/mol. The Kier molecular flexibility index (Phi) is 4.01. The van der Waals surface area contributed by atoms with Crippen LogP contribution < -0.4 is 10.0 Å². The third-order valence-electron chi connectivity index (χ3n) is 3.81. The number of aryl methyl sites for hydroxylation is 1. The van der Waals surface area contributed by atoms with Gasteiger partial charge in [0.1, 0.15) is 0 Å². The summed E-state index contributed by atoms with van der Waals surface area (Å²) < 4.78 is 26.1. The first kappa shape index (κ1) is 14.6. The van der Waals surface area contributed by atoms with Crippen LogP contribution in [0.25, 0.3) is 0 Å². The van der Waals surface area contributed by atoms with E-state index in [1.807, 2.05) is 6.07 Å². The van der Waals surface area contributed by atoms with E-state index >= 15 is 0 Å². The molecule has 1 aromatic carbocycles.